The Morgan fingerprint density at radius 3 is 1.30 bits per heavy atom. The maximum absolute atomic E-state index is 7.92. The molecule has 0 N–H and O–H groups in total. The van der Waals surface area contributed by atoms with Crippen molar-refractivity contribution in [3.63, 3.8) is 0 Å². The number of rotatable bonds is 18. The first-order chi connectivity index (χ1) is 28.7. The van der Waals surface area contributed by atoms with Gasteiger partial charge in [0.05, 0.1) is 18.3 Å². The predicted octanol–water partition coefficient (Wildman–Crippen LogP) is 15.0. The van der Waals surface area contributed by atoms with Gasteiger partial charge in [0, 0.05) is 6.61 Å². The molecular weight excluding hydrogens is 988 g/mol. The summed E-state index contributed by atoms with van der Waals surface area (Å²) in [5.41, 5.74) is 0. The fourth-order valence-electron chi connectivity index (χ4n) is 7.67. The van der Waals surface area contributed by atoms with Gasteiger partial charge in [0.25, 0.3) is 8.32 Å². The molecule has 0 unspecified atom stereocenters. The third kappa shape index (κ3) is 13.7. The molecule has 6 nitrogen and oxygen atoms in total. The molecule has 12 heteroatoms. The van der Waals surface area contributed by atoms with Crippen molar-refractivity contribution in [2.24, 2.45) is 0 Å². The molecule has 0 spiro atoms. The summed E-state index contributed by atoms with van der Waals surface area (Å²) < 4.78 is 47.9. The lowest BCUT2D eigenvalue weighted by atomic mass is 9.90. The quantitative estimate of drug-likeness (QED) is 0.110. The molecule has 1 aliphatic heterocycles. The van der Waals surface area contributed by atoms with Crippen LogP contribution in [0.5, 0.6) is 0 Å². The second-order valence-corrected chi connectivity index (χ2v) is 50.8. The van der Waals surface area contributed by atoms with Gasteiger partial charge < -0.3 is 26.9 Å². The third-order valence-corrected chi connectivity index (χ3v) is 39.3. The van der Waals surface area contributed by atoms with Crippen LogP contribution < -0.4 is 10.4 Å². The minimum absolute atomic E-state index is 0.00884. The average molecular weight is 1080 g/mol. The standard InChI is InChI=1S/C52H95IO6Si5/c1-39(53)35-36-43(56-60(17,18)48(2,3)4)44-46(58-62(21,22)50(8,9)10)47(59-63(23,24)51(11,12)13)45(57-61(19,20)49(5,6)7)42(55-44)37-38-54-64(52(14,15)16,40-31-27-25-28-32-40)41-33-29-26-30-34-41/h25-34,42-47H,1,35-38H2,2-24H3/t42-,43+,44-,45-,46-,47-/m1/s1. The van der Waals surface area contributed by atoms with Crippen LogP contribution in [0.25, 0.3) is 0 Å². The fraction of sp³-hybridized carbons (Fsp3) is 0.731. The van der Waals surface area contributed by atoms with Crippen LogP contribution in [0.4, 0.5) is 0 Å². The SMILES string of the molecule is C=C(I)CC[C@H](O[Si](C)(C)C(C)(C)C)[C@H]1O[C@H](CCO[Si](c2ccccc2)(c2ccccc2)C(C)(C)C)[C@@H](O[Si](C)(C)C(C)(C)C)[C@@H](O[Si](C)(C)C(C)(C)C)[C@@H]1O[Si](C)(C)C(C)(C)C. The molecule has 1 heterocycles. The topological polar surface area (TPSA) is 55.4 Å². The molecule has 0 bridgehead atoms. The predicted molar refractivity (Wildman–Crippen MR) is 298 cm³/mol. The lowest BCUT2D eigenvalue weighted by Crippen LogP contribution is -2.70. The second kappa shape index (κ2) is 21.0. The van der Waals surface area contributed by atoms with Gasteiger partial charge in [-0.2, -0.15) is 0 Å². The van der Waals surface area contributed by atoms with Crippen LogP contribution in [0.3, 0.4) is 0 Å². The Bertz CT molecular complexity index is 1750. The highest BCUT2D eigenvalue weighted by atomic mass is 127. The first-order valence-corrected chi connectivity index (χ1v) is 38.8. The molecular formula is C52H95IO6Si5. The van der Waals surface area contributed by atoms with Crippen molar-refractivity contribution in [1.82, 2.24) is 0 Å². The molecule has 0 saturated carbocycles. The highest BCUT2D eigenvalue weighted by Crippen LogP contribution is 2.48. The van der Waals surface area contributed by atoms with Gasteiger partial charge in [0.15, 0.2) is 33.3 Å². The summed E-state index contributed by atoms with van der Waals surface area (Å²) in [6.45, 7) is 58.9. The van der Waals surface area contributed by atoms with E-state index in [-0.39, 0.29) is 37.4 Å². The summed E-state index contributed by atoms with van der Waals surface area (Å²) in [6.07, 6.45) is 0.0264. The Kier molecular flexibility index (Phi) is 19.1. The van der Waals surface area contributed by atoms with Crippen molar-refractivity contribution in [1.29, 1.82) is 0 Å². The molecule has 0 amide bonds. The number of allylic oxidation sites excluding steroid dienone is 1. The van der Waals surface area contributed by atoms with E-state index in [4.69, 9.17) is 26.9 Å². The molecule has 2 aromatic carbocycles. The van der Waals surface area contributed by atoms with Gasteiger partial charge in [-0.15, -0.1) is 0 Å². The van der Waals surface area contributed by atoms with E-state index in [0.29, 0.717) is 13.0 Å². The van der Waals surface area contributed by atoms with E-state index in [1.54, 1.807) is 0 Å². The average Bonchev–Trinajstić information content (AvgIpc) is 3.12. The van der Waals surface area contributed by atoms with E-state index in [2.05, 4.69) is 246 Å². The Balaban J connectivity index is 2.45. The molecule has 0 aliphatic carbocycles. The number of benzene rings is 2. The summed E-state index contributed by atoms with van der Waals surface area (Å²) >= 11 is 2.39. The van der Waals surface area contributed by atoms with Gasteiger partial charge in [-0.1, -0.05) is 171 Å². The van der Waals surface area contributed by atoms with E-state index in [9.17, 15) is 0 Å². The lowest BCUT2D eigenvalue weighted by Gasteiger charge is -2.56. The van der Waals surface area contributed by atoms with Crippen molar-refractivity contribution >= 4 is 74.6 Å². The Morgan fingerprint density at radius 1 is 0.562 bits per heavy atom. The van der Waals surface area contributed by atoms with Crippen LogP contribution in [0.1, 0.15) is 123 Å². The van der Waals surface area contributed by atoms with Crippen molar-refractivity contribution in [2.75, 3.05) is 6.61 Å². The Hall–Kier alpha value is -0.246. The summed E-state index contributed by atoms with van der Waals surface area (Å²) in [7, 11) is -12.5. The molecule has 1 aliphatic rings. The summed E-state index contributed by atoms with van der Waals surface area (Å²) in [6, 6.07) is 21.9. The smallest absolute Gasteiger partial charge is 0.261 e. The van der Waals surface area contributed by atoms with Crippen LogP contribution >= 0.6 is 22.6 Å². The molecule has 6 atom stereocenters. The van der Waals surface area contributed by atoms with Crippen LogP contribution in [0.15, 0.2) is 70.8 Å². The number of hydrogen-bond donors (Lipinski definition) is 0. The molecule has 1 fully saturated rings. The van der Waals surface area contributed by atoms with E-state index >= 15 is 0 Å². The maximum atomic E-state index is 7.92. The van der Waals surface area contributed by atoms with E-state index in [1.807, 2.05) is 0 Å². The molecule has 0 aromatic heterocycles. The Labute approximate surface area is 413 Å². The van der Waals surface area contributed by atoms with Crippen molar-refractivity contribution < 1.29 is 26.9 Å². The highest BCUT2D eigenvalue weighted by Gasteiger charge is 2.59. The largest absolute Gasteiger partial charge is 0.411 e. The third-order valence-electron chi connectivity index (χ3n) is 15.8. The van der Waals surface area contributed by atoms with Gasteiger partial charge in [0.2, 0.25) is 0 Å². The van der Waals surface area contributed by atoms with E-state index < -0.39 is 66.0 Å². The van der Waals surface area contributed by atoms with Gasteiger partial charge in [-0.05, 0) is 133 Å². The Morgan fingerprint density at radius 2 is 0.938 bits per heavy atom. The second-order valence-electron chi connectivity index (χ2n) is 25.9. The van der Waals surface area contributed by atoms with Crippen molar-refractivity contribution in [3.05, 3.63) is 70.8 Å². The lowest BCUT2D eigenvalue weighted by molar-refractivity contribution is -0.232. The summed E-state index contributed by atoms with van der Waals surface area (Å²) in [4.78, 5) is 0. The molecule has 0 radical (unpaired) electrons. The molecule has 3 rings (SSSR count). The zero-order chi connectivity index (χ0) is 49.3. The van der Waals surface area contributed by atoms with Gasteiger partial charge in [0.1, 0.15) is 18.3 Å². The van der Waals surface area contributed by atoms with Gasteiger partial charge in [-0.25, -0.2) is 0 Å². The van der Waals surface area contributed by atoms with E-state index in [0.717, 1.165) is 16.4 Å². The van der Waals surface area contributed by atoms with Crippen LogP contribution in [-0.2, 0) is 26.9 Å². The van der Waals surface area contributed by atoms with Crippen molar-refractivity contribution in [2.45, 2.75) is 237 Å². The first kappa shape index (κ1) is 58.1. The van der Waals surface area contributed by atoms with Crippen LogP contribution in [0, 0.1) is 0 Å². The first-order valence-electron chi connectivity index (χ1n) is 24.2. The van der Waals surface area contributed by atoms with Crippen LogP contribution in [-0.4, -0.2) is 84.8 Å². The number of hydrogen-bond acceptors (Lipinski definition) is 6. The molecule has 1 saturated heterocycles. The summed E-state index contributed by atoms with van der Waals surface area (Å²) in [5.74, 6) is 0. The zero-order valence-corrected chi connectivity index (χ0v) is 52.3. The van der Waals surface area contributed by atoms with Gasteiger partial charge >= 0.3 is 0 Å². The zero-order valence-electron chi connectivity index (χ0n) is 45.1. The fourth-order valence-corrected chi connectivity index (χ4v) is 17.8. The number of ether oxygens (including phenoxy) is 1. The maximum Gasteiger partial charge on any atom is 0.261 e. The molecule has 64 heavy (non-hydrogen) atoms. The molecule has 366 valence electrons. The normalized spacial score (nSPS) is 22.1. The van der Waals surface area contributed by atoms with E-state index in [1.165, 1.54) is 10.4 Å². The summed E-state index contributed by atoms with van der Waals surface area (Å²) in [5, 5.41) is 2.21. The van der Waals surface area contributed by atoms with Crippen LogP contribution in [0.2, 0.25) is 77.6 Å². The van der Waals surface area contributed by atoms with Crippen molar-refractivity contribution in [3.8, 4) is 0 Å². The minimum Gasteiger partial charge on any atom is -0.411 e. The number of halogens is 1. The van der Waals surface area contributed by atoms with Gasteiger partial charge in [-0.3, -0.25) is 0 Å². The monoisotopic (exact) mass is 1080 g/mol. The minimum atomic E-state index is -2.86. The highest BCUT2D eigenvalue weighted by molar-refractivity contribution is 14.1. The molecule has 2 aromatic rings.